The van der Waals surface area contributed by atoms with Gasteiger partial charge in [0.05, 0.1) is 0 Å². The number of carboxylic acid groups (broad SMARTS) is 1. The summed E-state index contributed by atoms with van der Waals surface area (Å²) in [4.78, 5) is 11.0. The van der Waals surface area contributed by atoms with Gasteiger partial charge in [0.2, 0.25) is 0 Å². The van der Waals surface area contributed by atoms with Crippen molar-refractivity contribution in [2.45, 2.75) is 119 Å². The smallest absolute Gasteiger partial charge is 0.341 e. The predicted octanol–water partition coefficient (Wildman–Crippen LogP) is 7.82. The SMILES string of the molecule is Cc1c(C)c2c(c(C)c1OCC(=O)O)CC[C@@](C)(CC(C)CCCC(C)CCCC(C)C)O2. The molecule has 0 saturated heterocycles. The van der Waals surface area contributed by atoms with E-state index >= 15 is 0 Å². The summed E-state index contributed by atoms with van der Waals surface area (Å²) in [6.45, 7) is 17.5. The highest BCUT2D eigenvalue weighted by Gasteiger charge is 2.35. The van der Waals surface area contributed by atoms with E-state index in [1.54, 1.807) is 0 Å². The van der Waals surface area contributed by atoms with Crippen LogP contribution in [0.4, 0.5) is 0 Å². The minimum absolute atomic E-state index is 0.150. The molecule has 3 atom stereocenters. The number of hydrogen-bond acceptors (Lipinski definition) is 3. The molecular weight excluding hydrogens is 412 g/mol. The van der Waals surface area contributed by atoms with Gasteiger partial charge in [-0.15, -0.1) is 0 Å². The molecule has 188 valence electrons. The fraction of sp³-hybridized carbons (Fsp3) is 0.759. The third kappa shape index (κ3) is 7.93. The molecule has 2 rings (SSSR count). The Bertz CT molecular complexity index is 798. The number of fused-ring (bicyclic) bond motifs is 1. The second kappa shape index (κ2) is 12.1. The molecule has 0 amide bonds. The van der Waals surface area contributed by atoms with Gasteiger partial charge in [-0.3, -0.25) is 0 Å². The van der Waals surface area contributed by atoms with E-state index < -0.39 is 5.97 Å². The molecule has 0 aliphatic carbocycles. The molecule has 1 N–H and O–H groups in total. The van der Waals surface area contributed by atoms with Gasteiger partial charge in [-0.2, -0.15) is 0 Å². The van der Waals surface area contributed by atoms with Crippen molar-refractivity contribution in [3.8, 4) is 11.5 Å². The number of carbonyl (C=O) groups is 1. The topological polar surface area (TPSA) is 55.8 Å². The number of carboxylic acids is 1. The Hall–Kier alpha value is -1.71. The van der Waals surface area contributed by atoms with Crippen molar-refractivity contribution < 1.29 is 19.4 Å². The molecule has 2 unspecified atom stereocenters. The average molecular weight is 461 g/mol. The fourth-order valence-corrected chi connectivity index (χ4v) is 5.45. The number of ether oxygens (including phenoxy) is 2. The van der Waals surface area contributed by atoms with Gasteiger partial charge in [0.15, 0.2) is 6.61 Å². The van der Waals surface area contributed by atoms with Crippen molar-refractivity contribution >= 4 is 5.97 Å². The maximum absolute atomic E-state index is 11.0. The van der Waals surface area contributed by atoms with Gasteiger partial charge in [0, 0.05) is 5.56 Å². The van der Waals surface area contributed by atoms with Crippen LogP contribution in [0.2, 0.25) is 0 Å². The second-order valence-electron chi connectivity index (χ2n) is 11.4. The van der Waals surface area contributed by atoms with Crippen LogP contribution in [0.3, 0.4) is 0 Å². The summed E-state index contributed by atoms with van der Waals surface area (Å²) in [5, 5.41) is 9.02. The summed E-state index contributed by atoms with van der Waals surface area (Å²) in [6, 6.07) is 0. The zero-order valence-electron chi connectivity index (χ0n) is 22.5. The van der Waals surface area contributed by atoms with Crippen LogP contribution in [0.25, 0.3) is 0 Å². The molecule has 1 aromatic carbocycles. The van der Waals surface area contributed by atoms with E-state index in [-0.39, 0.29) is 12.2 Å². The van der Waals surface area contributed by atoms with Gasteiger partial charge in [0.25, 0.3) is 0 Å². The molecule has 1 aliphatic rings. The van der Waals surface area contributed by atoms with Crippen LogP contribution in [-0.4, -0.2) is 23.3 Å². The third-order valence-electron chi connectivity index (χ3n) is 7.56. The summed E-state index contributed by atoms with van der Waals surface area (Å²) in [7, 11) is 0. The van der Waals surface area contributed by atoms with Crippen LogP contribution < -0.4 is 9.47 Å². The highest BCUT2D eigenvalue weighted by molar-refractivity contribution is 5.69. The molecule has 0 spiro atoms. The Labute approximate surface area is 202 Å². The minimum atomic E-state index is -0.952. The molecule has 1 heterocycles. The standard InChI is InChI=1S/C29H48O4/c1-19(2)11-9-12-20(3)13-10-14-21(4)17-29(8)16-15-25-24(7)27(32-18-26(30)31)22(5)23(6)28(25)33-29/h19-21H,9-18H2,1-8H3,(H,30,31)/t20?,21?,29-/m0/s1. The second-order valence-corrected chi connectivity index (χ2v) is 11.4. The van der Waals surface area contributed by atoms with Crippen LogP contribution in [0.15, 0.2) is 0 Å². The Morgan fingerprint density at radius 2 is 1.58 bits per heavy atom. The van der Waals surface area contributed by atoms with Gasteiger partial charge < -0.3 is 14.6 Å². The molecule has 1 aromatic rings. The normalized spacial score (nSPS) is 19.7. The van der Waals surface area contributed by atoms with Crippen LogP contribution in [0.5, 0.6) is 11.5 Å². The first-order valence-corrected chi connectivity index (χ1v) is 13.1. The number of benzene rings is 1. The first kappa shape index (κ1) is 27.5. The van der Waals surface area contributed by atoms with Gasteiger partial charge >= 0.3 is 5.97 Å². The average Bonchev–Trinajstić information content (AvgIpc) is 2.71. The van der Waals surface area contributed by atoms with E-state index in [1.807, 2.05) is 13.8 Å². The zero-order chi connectivity index (χ0) is 24.8. The van der Waals surface area contributed by atoms with Gasteiger partial charge in [-0.1, -0.05) is 66.2 Å². The third-order valence-corrected chi connectivity index (χ3v) is 7.56. The van der Waals surface area contributed by atoms with Crippen molar-refractivity contribution in [2.75, 3.05) is 6.61 Å². The van der Waals surface area contributed by atoms with Crippen LogP contribution in [0.1, 0.15) is 108 Å². The Balaban J connectivity index is 1.95. The Kier molecular flexibility index (Phi) is 10.1. The molecule has 1 aliphatic heterocycles. The summed E-state index contributed by atoms with van der Waals surface area (Å²) in [6.07, 6.45) is 11.0. The first-order valence-electron chi connectivity index (χ1n) is 13.1. The molecule has 0 aromatic heterocycles. The number of aliphatic carboxylic acids is 1. The van der Waals surface area contributed by atoms with Crippen molar-refractivity contribution in [1.82, 2.24) is 0 Å². The van der Waals surface area contributed by atoms with Crippen molar-refractivity contribution in [1.29, 1.82) is 0 Å². The quantitative estimate of drug-likeness (QED) is 0.326. The van der Waals surface area contributed by atoms with E-state index in [2.05, 4.69) is 41.5 Å². The molecule has 4 heteroatoms. The molecule has 0 radical (unpaired) electrons. The lowest BCUT2D eigenvalue weighted by Gasteiger charge is -2.39. The fourth-order valence-electron chi connectivity index (χ4n) is 5.45. The lowest BCUT2D eigenvalue weighted by atomic mass is 9.81. The molecular formula is C29H48O4. The lowest BCUT2D eigenvalue weighted by Crippen LogP contribution is -2.38. The van der Waals surface area contributed by atoms with E-state index in [4.69, 9.17) is 14.6 Å². The first-order chi connectivity index (χ1) is 15.4. The molecule has 0 bridgehead atoms. The van der Waals surface area contributed by atoms with Crippen LogP contribution in [-0.2, 0) is 11.2 Å². The Morgan fingerprint density at radius 3 is 2.18 bits per heavy atom. The molecule has 4 nitrogen and oxygen atoms in total. The van der Waals surface area contributed by atoms with E-state index in [0.29, 0.717) is 11.7 Å². The molecule has 0 saturated carbocycles. The lowest BCUT2D eigenvalue weighted by molar-refractivity contribution is -0.139. The maximum atomic E-state index is 11.0. The van der Waals surface area contributed by atoms with Crippen LogP contribution in [0, 0.1) is 38.5 Å². The van der Waals surface area contributed by atoms with E-state index in [1.165, 1.54) is 44.1 Å². The van der Waals surface area contributed by atoms with Gasteiger partial charge in [-0.05, 0) is 81.4 Å². The summed E-state index contributed by atoms with van der Waals surface area (Å²) >= 11 is 0. The van der Waals surface area contributed by atoms with Crippen molar-refractivity contribution in [3.05, 3.63) is 22.3 Å². The summed E-state index contributed by atoms with van der Waals surface area (Å²) in [5.74, 6) is 3.03. The summed E-state index contributed by atoms with van der Waals surface area (Å²) < 4.78 is 12.3. The zero-order valence-corrected chi connectivity index (χ0v) is 22.5. The largest absolute Gasteiger partial charge is 0.487 e. The van der Waals surface area contributed by atoms with Crippen molar-refractivity contribution in [3.63, 3.8) is 0 Å². The minimum Gasteiger partial charge on any atom is -0.487 e. The molecule has 0 fully saturated rings. The number of rotatable bonds is 13. The highest BCUT2D eigenvalue weighted by Crippen LogP contribution is 2.45. The number of hydrogen-bond donors (Lipinski definition) is 1. The van der Waals surface area contributed by atoms with Crippen molar-refractivity contribution in [2.24, 2.45) is 17.8 Å². The van der Waals surface area contributed by atoms with Gasteiger partial charge in [-0.25, -0.2) is 4.79 Å². The molecule has 33 heavy (non-hydrogen) atoms. The highest BCUT2D eigenvalue weighted by atomic mass is 16.5. The monoisotopic (exact) mass is 460 g/mol. The predicted molar refractivity (Wildman–Crippen MR) is 137 cm³/mol. The maximum Gasteiger partial charge on any atom is 0.341 e. The van der Waals surface area contributed by atoms with E-state index in [0.717, 1.165) is 53.5 Å². The van der Waals surface area contributed by atoms with E-state index in [9.17, 15) is 4.79 Å². The summed E-state index contributed by atoms with van der Waals surface area (Å²) in [5.41, 5.74) is 4.11. The van der Waals surface area contributed by atoms with Gasteiger partial charge in [0.1, 0.15) is 17.1 Å². The Morgan fingerprint density at radius 1 is 0.970 bits per heavy atom. The van der Waals surface area contributed by atoms with Crippen LogP contribution >= 0.6 is 0 Å².